The highest BCUT2D eigenvalue weighted by molar-refractivity contribution is 5.68. The molecule has 0 N–H and O–H groups in total. The highest BCUT2D eigenvalue weighted by Gasteiger charge is 2.27. The van der Waals surface area contributed by atoms with Gasteiger partial charge < -0.3 is 14.2 Å². The molecule has 0 aliphatic carbocycles. The van der Waals surface area contributed by atoms with Gasteiger partial charge in [-0.05, 0) is 32.1 Å². The van der Waals surface area contributed by atoms with Crippen molar-refractivity contribution >= 4 is 6.09 Å². The maximum absolute atomic E-state index is 12.1. The lowest BCUT2D eigenvalue weighted by Crippen LogP contribution is -2.44. The number of hydrogen-bond acceptors (Lipinski definition) is 3. The van der Waals surface area contributed by atoms with E-state index in [-0.39, 0.29) is 6.09 Å². The Kier molecular flexibility index (Phi) is 5.89. The van der Waals surface area contributed by atoms with E-state index in [1.165, 1.54) is 6.42 Å². The van der Waals surface area contributed by atoms with Gasteiger partial charge in [0.05, 0.1) is 12.9 Å². The van der Waals surface area contributed by atoms with E-state index in [1.54, 1.807) is 6.20 Å². The summed E-state index contributed by atoms with van der Waals surface area (Å²) in [5.74, 6) is 0. The van der Waals surface area contributed by atoms with Crippen LogP contribution in [-0.4, -0.2) is 39.7 Å². The number of rotatable bonds is 6. The van der Waals surface area contributed by atoms with E-state index in [4.69, 9.17) is 4.74 Å². The zero-order valence-electron chi connectivity index (χ0n) is 12.3. The summed E-state index contributed by atoms with van der Waals surface area (Å²) >= 11 is 0. The fraction of sp³-hybridized carbons (Fsp3) is 0.733. The van der Waals surface area contributed by atoms with Crippen molar-refractivity contribution in [2.45, 2.75) is 58.0 Å². The number of aromatic nitrogens is 2. The minimum absolute atomic E-state index is 0.131. The van der Waals surface area contributed by atoms with E-state index < -0.39 is 0 Å². The molecular weight excluding hydrogens is 254 g/mol. The molecule has 1 amide bonds. The number of aryl methyl sites for hydroxylation is 1. The van der Waals surface area contributed by atoms with Crippen molar-refractivity contribution in [3.8, 4) is 0 Å². The third-order valence-electron chi connectivity index (χ3n) is 3.86. The van der Waals surface area contributed by atoms with Gasteiger partial charge in [-0.1, -0.05) is 13.3 Å². The smallest absolute Gasteiger partial charge is 0.410 e. The molecule has 0 spiro atoms. The van der Waals surface area contributed by atoms with Crippen LogP contribution in [0.1, 0.15) is 45.4 Å². The lowest BCUT2D eigenvalue weighted by Gasteiger charge is -2.35. The zero-order chi connectivity index (χ0) is 14.2. The number of hydrogen-bond donors (Lipinski definition) is 0. The monoisotopic (exact) mass is 279 g/mol. The Hall–Kier alpha value is -1.52. The summed E-state index contributed by atoms with van der Waals surface area (Å²) in [5.41, 5.74) is 0. The maximum atomic E-state index is 12.1. The van der Waals surface area contributed by atoms with Crippen LogP contribution in [0.5, 0.6) is 0 Å². The van der Waals surface area contributed by atoms with E-state index in [0.717, 1.165) is 45.2 Å². The lowest BCUT2D eigenvalue weighted by atomic mass is 10.00. The normalized spacial score (nSPS) is 19.1. The molecule has 1 saturated heterocycles. The summed E-state index contributed by atoms with van der Waals surface area (Å²) in [6.07, 6.45) is 11.8. The van der Waals surface area contributed by atoms with Crippen LogP contribution >= 0.6 is 0 Å². The van der Waals surface area contributed by atoms with Gasteiger partial charge in [-0.15, -0.1) is 0 Å². The summed E-state index contributed by atoms with van der Waals surface area (Å²) in [6.45, 7) is 4.38. The molecule has 2 rings (SSSR count). The fourth-order valence-corrected chi connectivity index (χ4v) is 2.64. The van der Waals surface area contributed by atoms with Gasteiger partial charge in [0.15, 0.2) is 0 Å². The Morgan fingerprint density at radius 1 is 1.45 bits per heavy atom. The van der Waals surface area contributed by atoms with Crippen LogP contribution in [0.3, 0.4) is 0 Å². The number of imidazole rings is 1. The predicted molar refractivity (Wildman–Crippen MR) is 77.4 cm³/mol. The Bertz CT molecular complexity index is 392. The van der Waals surface area contributed by atoms with Crippen molar-refractivity contribution in [3.63, 3.8) is 0 Å². The second-order valence-corrected chi connectivity index (χ2v) is 5.40. The number of ether oxygens (including phenoxy) is 1. The van der Waals surface area contributed by atoms with Gasteiger partial charge in [0.2, 0.25) is 0 Å². The summed E-state index contributed by atoms with van der Waals surface area (Å²) in [4.78, 5) is 18.1. The molecule has 1 unspecified atom stereocenters. The standard InChI is InChI=1S/C15H25N3O2/c1-2-3-12-20-15(19)18-9-5-4-6-14(18)7-10-17-11-8-16-13-17/h8,11,13-14H,2-7,9-10,12H2,1H3. The molecule has 1 aromatic heterocycles. The summed E-state index contributed by atoms with van der Waals surface area (Å²) < 4.78 is 7.42. The molecular formula is C15H25N3O2. The SMILES string of the molecule is CCCCOC(=O)N1CCCCC1CCn1ccnc1. The van der Waals surface area contributed by atoms with E-state index in [1.807, 2.05) is 17.4 Å². The Balaban J connectivity index is 1.82. The molecule has 0 aromatic carbocycles. The van der Waals surface area contributed by atoms with E-state index in [9.17, 15) is 4.79 Å². The number of carbonyl (C=O) groups excluding carboxylic acids is 1. The third-order valence-corrected chi connectivity index (χ3v) is 3.86. The number of nitrogens with zero attached hydrogens (tertiary/aromatic N) is 3. The molecule has 2 heterocycles. The van der Waals surface area contributed by atoms with Crippen LogP contribution in [0.15, 0.2) is 18.7 Å². The van der Waals surface area contributed by atoms with Crippen LogP contribution in [0, 0.1) is 0 Å². The topological polar surface area (TPSA) is 47.4 Å². The van der Waals surface area contributed by atoms with Crippen LogP contribution in [0.25, 0.3) is 0 Å². The van der Waals surface area contributed by atoms with Crippen LogP contribution < -0.4 is 0 Å². The van der Waals surface area contributed by atoms with E-state index >= 15 is 0 Å². The molecule has 20 heavy (non-hydrogen) atoms. The molecule has 0 bridgehead atoms. The predicted octanol–water partition coefficient (Wildman–Crippen LogP) is 3.06. The van der Waals surface area contributed by atoms with Crippen molar-refractivity contribution in [2.75, 3.05) is 13.2 Å². The average molecular weight is 279 g/mol. The largest absolute Gasteiger partial charge is 0.449 e. The molecule has 5 heteroatoms. The van der Waals surface area contributed by atoms with Gasteiger partial charge in [-0.2, -0.15) is 0 Å². The van der Waals surface area contributed by atoms with Crippen LogP contribution in [-0.2, 0) is 11.3 Å². The second kappa shape index (κ2) is 7.92. The van der Waals surface area contributed by atoms with Gasteiger partial charge in [-0.25, -0.2) is 9.78 Å². The number of amides is 1. The van der Waals surface area contributed by atoms with Gasteiger partial charge in [0.25, 0.3) is 0 Å². The molecule has 1 aliphatic heterocycles. The van der Waals surface area contributed by atoms with Crippen molar-refractivity contribution in [3.05, 3.63) is 18.7 Å². The van der Waals surface area contributed by atoms with E-state index in [2.05, 4.69) is 16.5 Å². The molecule has 1 atom stereocenters. The van der Waals surface area contributed by atoms with Gasteiger partial charge in [-0.3, -0.25) is 0 Å². The van der Waals surface area contributed by atoms with Crippen molar-refractivity contribution in [1.82, 2.24) is 14.5 Å². The number of piperidine rings is 1. The van der Waals surface area contributed by atoms with Gasteiger partial charge >= 0.3 is 6.09 Å². The third kappa shape index (κ3) is 4.25. The van der Waals surface area contributed by atoms with Crippen molar-refractivity contribution in [1.29, 1.82) is 0 Å². The minimum Gasteiger partial charge on any atom is -0.449 e. The molecule has 0 saturated carbocycles. The van der Waals surface area contributed by atoms with Gasteiger partial charge in [0, 0.05) is 31.5 Å². The minimum atomic E-state index is -0.131. The first-order valence-corrected chi connectivity index (χ1v) is 7.70. The quantitative estimate of drug-likeness (QED) is 0.752. The molecule has 112 valence electrons. The molecule has 0 radical (unpaired) electrons. The van der Waals surface area contributed by atoms with E-state index in [0.29, 0.717) is 12.6 Å². The number of carbonyl (C=O) groups is 1. The van der Waals surface area contributed by atoms with Crippen LogP contribution in [0.2, 0.25) is 0 Å². The maximum Gasteiger partial charge on any atom is 0.410 e. The lowest BCUT2D eigenvalue weighted by molar-refractivity contribution is 0.0689. The first-order chi connectivity index (χ1) is 9.81. The average Bonchev–Trinajstić information content (AvgIpc) is 2.99. The Morgan fingerprint density at radius 3 is 3.10 bits per heavy atom. The Morgan fingerprint density at radius 2 is 2.35 bits per heavy atom. The molecule has 1 aliphatic rings. The zero-order valence-corrected chi connectivity index (χ0v) is 12.3. The number of unbranched alkanes of at least 4 members (excludes halogenated alkanes) is 1. The Labute approximate surface area is 120 Å². The fourth-order valence-electron chi connectivity index (χ4n) is 2.64. The highest BCUT2D eigenvalue weighted by atomic mass is 16.6. The molecule has 1 fully saturated rings. The summed E-state index contributed by atoms with van der Waals surface area (Å²) in [7, 11) is 0. The highest BCUT2D eigenvalue weighted by Crippen LogP contribution is 2.21. The summed E-state index contributed by atoms with van der Waals surface area (Å²) in [5, 5.41) is 0. The first-order valence-electron chi connectivity index (χ1n) is 7.70. The summed E-state index contributed by atoms with van der Waals surface area (Å²) in [6, 6.07) is 0.306. The van der Waals surface area contributed by atoms with Crippen LogP contribution in [0.4, 0.5) is 4.79 Å². The molecule has 1 aromatic rings. The van der Waals surface area contributed by atoms with Crippen molar-refractivity contribution < 1.29 is 9.53 Å². The molecule has 5 nitrogen and oxygen atoms in total. The number of likely N-dealkylation sites (tertiary alicyclic amines) is 1. The second-order valence-electron chi connectivity index (χ2n) is 5.40. The van der Waals surface area contributed by atoms with Crippen molar-refractivity contribution in [2.24, 2.45) is 0 Å². The first kappa shape index (κ1) is 14.9. The van der Waals surface area contributed by atoms with Gasteiger partial charge in [0.1, 0.15) is 0 Å².